The van der Waals surface area contributed by atoms with Crippen LogP contribution in [0.1, 0.15) is 124 Å². The Balaban J connectivity index is 1.74. The zero-order chi connectivity index (χ0) is 37.3. The van der Waals surface area contributed by atoms with Gasteiger partial charge < -0.3 is 27.6 Å². The third-order valence-electron chi connectivity index (χ3n) is 11.6. The van der Waals surface area contributed by atoms with Gasteiger partial charge in [0.25, 0.3) is 0 Å². The number of fused-ring (bicyclic) bond motifs is 4. The number of benzene rings is 3. The van der Waals surface area contributed by atoms with E-state index in [1.54, 1.807) is 0 Å². The molecule has 10 heteroatoms. The molecule has 1 spiro atoms. The molecule has 0 atom stereocenters. The molecule has 0 amide bonds. The molecule has 0 saturated carbocycles. The molecule has 3 aromatic carbocycles. The Morgan fingerprint density at radius 2 is 0.863 bits per heavy atom. The van der Waals surface area contributed by atoms with Gasteiger partial charge in [0.2, 0.25) is 0 Å². The topological polar surface area (TPSA) is 89.5 Å². The van der Waals surface area contributed by atoms with Crippen LogP contribution in [0.4, 0.5) is 0 Å². The van der Waals surface area contributed by atoms with Crippen molar-refractivity contribution in [2.24, 2.45) is 0 Å². The van der Waals surface area contributed by atoms with E-state index in [2.05, 4.69) is 67.5 Å². The summed E-state index contributed by atoms with van der Waals surface area (Å²) in [7, 11) is -7.49. The Morgan fingerprint density at radius 3 is 1.16 bits per heavy atom. The standard InChI is InChI=1S/C41H56O8P2/c1-13-46-50(42,47-14-2)37-19-31-33-17-35(37)44-21-29-25(5)27(7)30(28(8)26(29)6)22-45-36-18-34-32(20-38(36)51(43,48-15-3)49-16-4)40(11,12)24-41(33,34)23-39(31,9)10/h17-20H,13-16,21-24H2,1-12H3. The molecular weight excluding hydrogens is 682 g/mol. The highest BCUT2D eigenvalue weighted by molar-refractivity contribution is 7.62. The molecule has 3 aromatic rings. The van der Waals surface area contributed by atoms with Crippen molar-refractivity contribution in [2.45, 2.75) is 125 Å². The van der Waals surface area contributed by atoms with Crippen LogP contribution in [0.25, 0.3) is 0 Å². The maximum atomic E-state index is 14.7. The van der Waals surface area contributed by atoms with Gasteiger partial charge >= 0.3 is 15.2 Å². The van der Waals surface area contributed by atoms with Crippen molar-refractivity contribution in [3.63, 3.8) is 0 Å². The van der Waals surface area contributed by atoms with E-state index in [-0.39, 0.29) is 37.3 Å². The van der Waals surface area contributed by atoms with Crippen LogP contribution >= 0.6 is 15.2 Å². The molecule has 2 heterocycles. The molecule has 2 aliphatic carbocycles. The lowest BCUT2D eigenvalue weighted by Crippen LogP contribution is -2.27. The predicted molar refractivity (Wildman–Crippen MR) is 204 cm³/mol. The molecule has 2 aliphatic heterocycles. The first-order chi connectivity index (χ1) is 23.9. The summed E-state index contributed by atoms with van der Waals surface area (Å²) in [5, 5.41) is 0.928. The van der Waals surface area contributed by atoms with Gasteiger partial charge in [-0.15, -0.1) is 0 Å². The van der Waals surface area contributed by atoms with Crippen LogP contribution in [0.2, 0.25) is 0 Å². The van der Waals surface area contributed by atoms with Crippen LogP contribution in [0.5, 0.6) is 11.5 Å². The van der Waals surface area contributed by atoms with Crippen molar-refractivity contribution in [1.82, 2.24) is 0 Å². The van der Waals surface area contributed by atoms with Gasteiger partial charge in [-0.1, -0.05) is 27.7 Å². The van der Waals surface area contributed by atoms with E-state index in [1.165, 1.54) is 0 Å². The van der Waals surface area contributed by atoms with Crippen LogP contribution in [-0.4, -0.2) is 26.4 Å². The van der Waals surface area contributed by atoms with E-state index in [0.717, 1.165) is 68.5 Å². The lowest BCUT2D eigenvalue weighted by molar-refractivity contribution is 0.227. The average molecular weight is 739 g/mol. The smallest absolute Gasteiger partial charge is 0.365 e. The van der Waals surface area contributed by atoms with E-state index >= 15 is 0 Å². The summed E-state index contributed by atoms with van der Waals surface area (Å²) in [5.41, 5.74) is 10.0. The minimum atomic E-state index is -3.74. The highest BCUT2D eigenvalue weighted by Gasteiger charge is 2.58. The van der Waals surface area contributed by atoms with Crippen LogP contribution < -0.4 is 20.1 Å². The minimum absolute atomic E-state index is 0.235. The second-order valence-electron chi connectivity index (χ2n) is 15.6. The van der Waals surface area contributed by atoms with E-state index in [0.29, 0.717) is 35.3 Å². The molecule has 0 radical (unpaired) electrons. The van der Waals surface area contributed by atoms with Crippen LogP contribution in [0.15, 0.2) is 24.3 Å². The van der Waals surface area contributed by atoms with Crippen molar-refractivity contribution in [2.75, 3.05) is 26.4 Å². The third kappa shape index (κ3) is 6.07. The first kappa shape index (κ1) is 38.3. The quantitative estimate of drug-likeness (QED) is 0.190. The summed E-state index contributed by atoms with van der Waals surface area (Å²) < 4.78 is 66.9. The zero-order valence-electron chi connectivity index (χ0n) is 32.6. The monoisotopic (exact) mass is 738 g/mol. The van der Waals surface area contributed by atoms with E-state index in [9.17, 15) is 9.13 Å². The highest BCUT2D eigenvalue weighted by Crippen LogP contribution is 2.65. The zero-order valence-corrected chi connectivity index (χ0v) is 34.4. The Hall–Kier alpha value is -2.44. The highest BCUT2D eigenvalue weighted by atomic mass is 31.2. The summed E-state index contributed by atoms with van der Waals surface area (Å²) in [5.74, 6) is 1.03. The number of rotatable bonds is 10. The molecule has 0 unspecified atom stereocenters. The Kier molecular flexibility index (Phi) is 10.1. The van der Waals surface area contributed by atoms with Gasteiger partial charge in [0, 0.05) is 5.41 Å². The molecule has 0 N–H and O–H groups in total. The van der Waals surface area contributed by atoms with E-state index < -0.39 is 20.6 Å². The maximum Gasteiger partial charge on any atom is 0.365 e. The average Bonchev–Trinajstić information content (AvgIpc) is 3.41. The lowest BCUT2D eigenvalue weighted by atomic mass is 9.72. The van der Waals surface area contributed by atoms with Crippen LogP contribution in [-0.2, 0) is 56.7 Å². The van der Waals surface area contributed by atoms with Crippen molar-refractivity contribution in [1.29, 1.82) is 0 Å². The predicted octanol–water partition coefficient (Wildman–Crippen LogP) is 9.82. The van der Waals surface area contributed by atoms with Gasteiger partial charge in [-0.3, -0.25) is 9.13 Å². The SMILES string of the molecule is CCOP(=O)(OCC)c1cc2c3cc1OCc1c(C)c(C)c(c(C)c1C)COc1cc4c(cc1P(=O)(OCC)OCC)C(C)(C)CC34CC2(C)C. The van der Waals surface area contributed by atoms with Crippen molar-refractivity contribution in [3.8, 4) is 11.5 Å². The second kappa shape index (κ2) is 13.4. The number of hydrogen-bond acceptors (Lipinski definition) is 8. The molecular formula is C41H56O8P2. The van der Waals surface area contributed by atoms with E-state index in [4.69, 9.17) is 27.6 Å². The Morgan fingerprint density at radius 1 is 0.549 bits per heavy atom. The van der Waals surface area contributed by atoms with Gasteiger partial charge in [0.15, 0.2) is 0 Å². The summed E-state index contributed by atoms with van der Waals surface area (Å²) in [4.78, 5) is 0. The molecule has 4 aliphatic rings. The molecule has 0 saturated heterocycles. The normalized spacial score (nSPS) is 18.3. The molecule has 7 rings (SSSR count). The number of ether oxygens (including phenoxy) is 2. The minimum Gasteiger partial charge on any atom is -0.488 e. The van der Waals surface area contributed by atoms with Crippen LogP contribution in [0.3, 0.4) is 0 Å². The second-order valence-corrected chi connectivity index (χ2v) is 19.6. The fourth-order valence-corrected chi connectivity index (χ4v) is 12.7. The molecule has 51 heavy (non-hydrogen) atoms. The summed E-state index contributed by atoms with van der Waals surface area (Å²) in [6.45, 7) is 26.3. The molecule has 0 aromatic heterocycles. The first-order valence-corrected chi connectivity index (χ1v) is 21.5. The largest absolute Gasteiger partial charge is 0.488 e. The van der Waals surface area contributed by atoms with Gasteiger partial charge in [0.1, 0.15) is 35.3 Å². The Bertz CT molecular complexity index is 1790. The van der Waals surface area contributed by atoms with Crippen molar-refractivity contribution >= 4 is 25.8 Å². The third-order valence-corrected chi connectivity index (χ3v) is 15.9. The fourth-order valence-electron chi connectivity index (χ4n) is 9.23. The van der Waals surface area contributed by atoms with Gasteiger partial charge in [0.05, 0.1) is 26.4 Å². The summed E-state index contributed by atoms with van der Waals surface area (Å²) >= 11 is 0. The Labute approximate surface area is 305 Å². The van der Waals surface area contributed by atoms with Crippen molar-refractivity contribution in [3.05, 3.63) is 79.9 Å². The maximum absolute atomic E-state index is 14.7. The molecule has 8 nitrogen and oxygen atoms in total. The molecule has 6 bridgehead atoms. The van der Waals surface area contributed by atoms with Crippen LogP contribution in [0, 0.1) is 27.7 Å². The van der Waals surface area contributed by atoms with E-state index in [1.807, 2.05) is 39.8 Å². The first-order valence-electron chi connectivity index (χ1n) is 18.4. The molecule has 0 fully saturated rings. The fraction of sp³-hybridized carbons (Fsp3) is 0.561. The van der Waals surface area contributed by atoms with Gasteiger partial charge in [-0.05, 0) is 159 Å². The van der Waals surface area contributed by atoms with Crippen molar-refractivity contribution < 1.29 is 36.7 Å². The van der Waals surface area contributed by atoms with Gasteiger partial charge in [-0.2, -0.15) is 0 Å². The number of hydrogen-bond donors (Lipinski definition) is 0. The van der Waals surface area contributed by atoms with Gasteiger partial charge in [-0.25, -0.2) is 0 Å². The summed E-state index contributed by atoms with van der Waals surface area (Å²) in [6, 6.07) is 8.32. The lowest BCUT2D eigenvalue weighted by Gasteiger charge is -2.31. The molecule has 278 valence electrons. The summed E-state index contributed by atoms with van der Waals surface area (Å²) in [6.07, 6.45) is 1.62.